The van der Waals surface area contributed by atoms with Crippen LogP contribution in [0.1, 0.15) is 5.56 Å². The molecule has 0 atom stereocenters. The molecule has 1 N–H and O–H groups in total. The number of rotatable bonds is 4. The van der Waals surface area contributed by atoms with Gasteiger partial charge in [-0.05, 0) is 29.8 Å². The number of aromatic nitrogens is 2. The Labute approximate surface area is 109 Å². The summed E-state index contributed by atoms with van der Waals surface area (Å²) in [4.78, 5) is 7.73. The average Bonchev–Trinajstić information content (AvgIpc) is 2.40. The van der Waals surface area contributed by atoms with Gasteiger partial charge in [0.15, 0.2) is 5.82 Å². The first-order valence-electron chi connectivity index (χ1n) is 5.18. The molecule has 0 spiro atoms. The Hall–Kier alpha value is -2.14. The van der Waals surface area contributed by atoms with Crippen molar-refractivity contribution in [1.29, 1.82) is 0 Å². The summed E-state index contributed by atoms with van der Waals surface area (Å²) in [6.07, 6.45) is 3.04. The second-order valence-electron chi connectivity index (χ2n) is 3.37. The van der Waals surface area contributed by atoms with Crippen molar-refractivity contribution >= 4 is 23.6 Å². The van der Waals surface area contributed by atoms with Gasteiger partial charge in [-0.1, -0.05) is 11.6 Å². The maximum Gasteiger partial charge on any atom is 0.151 e. The normalized spacial score (nSPS) is 10.6. The van der Waals surface area contributed by atoms with Crippen molar-refractivity contribution in [2.75, 3.05) is 12.5 Å². The molecule has 5 nitrogen and oxygen atoms in total. The molecule has 0 aliphatic rings. The van der Waals surface area contributed by atoms with Crippen molar-refractivity contribution in [3.8, 4) is 5.75 Å². The Morgan fingerprint density at radius 2 is 2.06 bits per heavy atom. The number of halogens is 1. The highest BCUT2D eigenvalue weighted by Crippen LogP contribution is 2.10. The quantitative estimate of drug-likeness (QED) is 0.523. The Morgan fingerprint density at radius 3 is 2.72 bits per heavy atom. The number of hydrogen-bond acceptors (Lipinski definition) is 5. The lowest BCUT2D eigenvalue weighted by Crippen LogP contribution is -1.94. The molecule has 1 aromatic carbocycles. The van der Waals surface area contributed by atoms with Crippen LogP contribution in [0.4, 0.5) is 5.82 Å². The number of methoxy groups -OCH3 is 1. The monoisotopic (exact) mass is 262 g/mol. The maximum atomic E-state index is 5.72. The SMILES string of the molecule is COc1ccc(/C=N/Nc2cc(Cl)ncn2)cc1. The lowest BCUT2D eigenvalue weighted by Gasteiger charge is -2.00. The molecule has 6 heteroatoms. The van der Waals surface area contributed by atoms with Gasteiger partial charge in [0, 0.05) is 6.07 Å². The van der Waals surface area contributed by atoms with E-state index in [4.69, 9.17) is 16.3 Å². The minimum absolute atomic E-state index is 0.368. The van der Waals surface area contributed by atoms with E-state index < -0.39 is 0 Å². The number of hydrogen-bond donors (Lipinski definition) is 1. The van der Waals surface area contributed by atoms with E-state index in [2.05, 4.69) is 20.5 Å². The number of ether oxygens (including phenoxy) is 1. The fourth-order valence-corrected chi connectivity index (χ4v) is 1.40. The highest BCUT2D eigenvalue weighted by Gasteiger charge is 1.94. The Bertz CT molecular complexity index is 542. The summed E-state index contributed by atoms with van der Waals surface area (Å²) in [6, 6.07) is 9.12. The van der Waals surface area contributed by atoms with Crippen LogP contribution >= 0.6 is 11.6 Å². The number of hydrazone groups is 1. The van der Waals surface area contributed by atoms with Crippen molar-refractivity contribution in [2.24, 2.45) is 5.10 Å². The molecule has 1 aromatic heterocycles. The summed E-state index contributed by atoms with van der Waals surface area (Å²) in [5.74, 6) is 1.35. The van der Waals surface area contributed by atoms with Gasteiger partial charge < -0.3 is 4.74 Å². The van der Waals surface area contributed by atoms with Crippen molar-refractivity contribution < 1.29 is 4.74 Å². The third-order valence-electron chi connectivity index (χ3n) is 2.14. The molecule has 0 saturated heterocycles. The topological polar surface area (TPSA) is 59.4 Å². The molecule has 92 valence electrons. The van der Waals surface area contributed by atoms with Crippen molar-refractivity contribution in [3.63, 3.8) is 0 Å². The average molecular weight is 263 g/mol. The number of nitrogens with one attached hydrogen (secondary N) is 1. The zero-order valence-corrected chi connectivity index (χ0v) is 10.4. The molecule has 0 fully saturated rings. The zero-order valence-electron chi connectivity index (χ0n) is 9.67. The fourth-order valence-electron chi connectivity index (χ4n) is 1.26. The third kappa shape index (κ3) is 3.43. The van der Waals surface area contributed by atoms with Crippen molar-refractivity contribution in [3.05, 3.63) is 47.4 Å². The smallest absolute Gasteiger partial charge is 0.151 e. The van der Waals surface area contributed by atoms with Crippen LogP contribution in [0.5, 0.6) is 5.75 Å². The van der Waals surface area contributed by atoms with E-state index in [-0.39, 0.29) is 0 Å². The predicted molar refractivity (Wildman–Crippen MR) is 71.3 cm³/mol. The van der Waals surface area contributed by atoms with Crippen molar-refractivity contribution in [2.45, 2.75) is 0 Å². The third-order valence-corrected chi connectivity index (χ3v) is 2.35. The van der Waals surface area contributed by atoms with E-state index in [9.17, 15) is 0 Å². The Balaban J connectivity index is 1.98. The highest BCUT2D eigenvalue weighted by molar-refractivity contribution is 6.29. The van der Waals surface area contributed by atoms with Crippen LogP contribution in [0, 0.1) is 0 Å². The maximum absolute atomic E-state index is 5.72. The van der Waals surface area contributed by atoms with Gasteiger partial charge in [0.1, 0.15) is 17.2 Å². The molecular weight excluding hydrogens is 252 g/mol. The van der Waals surface area contributed by atoms with Gasteiger partial charge in [-0.15, -0.1) is 0 Å². The van der Waals surface area contributed by atoms with E-state index in [0.29, 0.717) is 11.0 Å². The summed E-state index contributed by atoms with van der Waals surface area (Å²) in [5, 5.41) is 4.41. The summed E-state index contributed by atoms with van der Waals surface area (Å²) < 4.78 is 5.06. The van der Waals surface area contributed by atoms with E-state index >= 15 is 0 Å². The minimum Gasteiger partial charge on any atom is -0.497 e. The van der Waals surface area contributed by atoms with Gasteiger partial charge in [-0.2, -0.15) is 5.10 Å². The van der Waals surface area contributed by atoms with Gasteiger partial charge in [0.25, 0.3) is 0 Å². The summed E-state index contributed by atoms with van der Waals surface area (Å²) in [5.41, 5.74) is 3.71. The first kappa shape index (κ1) is 12.3. The summed E-state index contributed by atoms with van der Waals surface area (Å²) in [6.45, 7) is 0. The van der Waals surface area contributed by atoms with E-state index in [1.54, 1.807) is 19.4 Å². The number of anilines is 1. The first-order valence-corrected chi connectivity index (χ1v) is 5.56. The lowest BCUT2D eigenvalue weighted by molar-refractivity contribution is 0.415. The molecule has 0 aliphatic carbocycles. The van der Waals surface area contributed by atoms with E-state index in [0.717, 1.165) is 11.3 Å². The van der Waals surface area contributed by atoms with Gasteiger partial charge in [0.05, 0.1) is 13.3 Å². The number of nitrogens with zero attached hydrogens (tertiary/aromatic N) is 3. The standard InChI is InChI=1S/C12H11ClN4O/c1-18-10-4-2-9(3-5-10)7-16-17-12-6-11(13)14-8-15-12/h2-8H,1H3,(H,14,15,17)/b16-7+. The van der Waals surface area contributed by atoms with E-state index in [1.807, 2.05) is 24.3 Å². The van der Waals surface area contributed by atoms with Crippen molar-refractivity contribution in [1.82, 2.24) is 9.97 Å². The van der Waals surface area contributed by atoms with Crippen LogP contribution in [0.2, 0.25) is 5.15 Å². The molecular formula is C12H11ClN4O. The Kier molecular flexibility index (Phi) is 4.09. The second kappa shape index (κ2) is 5.97. The predicted octanol–water partition coefficient (Wildman–Crippen LogP) is 2.58. The largest absolute Gasteiger partial charge is 0.497 e. The molecule has 0 amide bonds. The van der Waals surface area contributed by atoms with E-state index in [1.165, 1.54) is 6.33 Å². The molecule has 2 rings (SSSR count). The van der Waals surface area contributed by atoms with Gasteiger partial charge in [0.2, 0.25) is 0 Å². The highest BCUT2D eigenvalue weighted by atomic mass is 35.5. The fraction of sp³-hybridized carbons (Fsp3) is 0.0833. The second-order valence-corrected chi connectivity index (χ2v) is 3.76. The Morgan fingerprint density at radius 1 is 1.28 bits per heavy atom. The molecule has 0 bridgehead atoms. The minimum atomic E-state index is 0.368. The van der Waals surface area contributed by atoms with Gasteiger partial charge in [-0.25, -0.2) is 9.97 Å². The molecule has 0 aliphatic heterocycles. The van der Waals surface area contributed by atoms with Crippen LogP contribution in [0.3, 0.4) is 0 Å². The molecule has 2 aromatic rings. The van der Waals surface area contributed by atoms with Crippen LogP contribution in [-0.2, 0) is 0 Å². The summed E-state index contributed by atoms with van der Waals surface area (Å²) in [7, 11) is 1.63. The van der Waals surface area contributed by atoms with Crippen LogP contribution in [-0.4, -0.2) is 23.3 Å². The molecule has 0 saturated carbocycles. The number of benzene rings is 1. The van der Waals surface area contributed by atoms with Crippen LogP contribution in [0.25, 0.3) is 0 Å². The van der Waals surface area contributed by atoms with Gasteiger partial charge >= 0.3 is 0 Å². The molecule has 0 radical (unpaired) electrons. The molecule has 18 heavy (non-hydrogen) atoms. The van der Waals surface area contributed by atoms with Crippen LogP contribution in [0.15, 0.2) is 41.8 Å². The molecule has 0 unspecified atom stereocenters. The van der Waals surface area contributed by atoms with Gasteiger partial charge in [-0.3, -0.25) is 5.43 Å². The zero-order chi connectivity index (χ0) is 12.8. The summed E-state index contributed by atoms with van der Waals surface area (Å²) >= 11 is 5.72. The molecule has 1 heterocycles. The lowest BCUT2D eigenvalue weighted by atomic mass is 10.2. The first-order chi connectivity index (χ1) is 8.78. The van der Waals surface area contributed by atoms with Crippen LogP contribution < -0.4 is 10.2 Å².